The minimum atomic E-state index is -1.35. The summed E-state index contributed by atoms with van der Waals surface area (Å²) in [5, 5.41) is 21.1. The maximum atomic E-state index is 10.9. The average Bonchev–Trinajstić information content (AvgIpc) is 2.69. The molecule has 1 rings (SSSR count). The SMILES string of the molecule is CCCOc1noc(C(=O)O)c1C[C@H](N)C(=O)O. The third-order valence-corrected chi connectivity index (χ3v) is 2.13. The summed E-state index contributed by atoms with van der Waals surface area (Å²) >= 11 is 0. The highest BCUT2D eigenvalue weighted by Crippen LogP contribution is 2.23. The van der Waals surface area contributed by atoms with Gasteiger partial charge in [-0.2, -0.15) is 0 Å². The van der Waals surface area contributed by atoms with Crippen LogP contribution in [0.15, 0.2) is 4.52 Å². The van der Waals surface area contributed by atoms with Crippen LogP contribution in [0.4, 0.5) is 0 Å². The molecule has 0 aromatic carbocycles. The van der Waals surface area contributed by atoms with Crippen LogP contribution >= 0.6 is 0 Å². The van der Waals surface area contributed by atoms with Gasteiger partial charge in [-0.3, -0.25) is 4.79 Å². The van der Waals surface area contributed by atoms with Gasteiger partial charge in [-0.1, -0.05) is 6.92 Å². The van der Waals surface area contributed by atoms with Crippen molar-refractivity contribution in [3.63, 3.8) is 0 Å². The van der Waals surface area contributed by atoms with E-state index in [-0.39, 0.29) is 17.9 Å². The van der Waals surface area contributed by atoms with Gasteiger partial charge in [0.2, 0.25) is 0 Å². The molecule has 8 nitrogen and oxygen atoms in total. The Balaban J connectivity index is 2.98. The Bertz CT molecular complexity index is 442. The molecule has 0 saturated carbocycles. The number of hydrogen-bond donors (Lipinski definition) is 3. The van der Waals surface area contributed by atoms with E-state index in [4.69, 9.17) is 20.7 Å². The van der Waals surface area contributed by atoms with Crippen LogP contribution in [0.1, 0.15) is 29.5 Å². The lowest BCUT2D eigenvalue weighted by atomic mass is 10.1. The van der Waals surface area contributed by atoms with E-state index in [2.05, 4.69) is 9.68 Å². The average molecular weight is 258 g/mol. The zero-order chi connectivity index (χ0) is 13.7. The fraction of sp³-hybridized carbons (Fsp3) is 0.500. The Morgan fingerprint density at radius 1 is 1.50 bits per heavy atom. The molecule has 0 unspecified atom stereocenters. The second-order valence-electron chi connectivity index (χ2n) is 3.60. The number of carbonyl (C=O) groups is 2. The van der Waals surface area contributed by atoms with Gasteiger partial charge in [-0.15, -0.1) is 0 Å². The van der Waals surface area contributed by atoms with E-state index in [0.717, 1.165) is 0 Å². The maximum Gasteiger partial charge on any atom is 0.375 e. The highest BCUT2D eigenvalue weighted by atomic mass is 16.5. The maximum absolute atomic E-state index is 10.9. The highest BCUT2D eigenvalue weighted by molar-refractivity contribution is 5.87. The van der Waals surface area contributed by atoms with Crippen molar-refractivity contribution < 1.29 is 29.1 Å². The monoisotopic (exact) mass is 258 g/mol. The third kappa shape index (κ3) is 3.20. The zero-order valence-electron chi connectivity index (χ0n) is 9.75. The smallest absolute Gasteiger partial charge is 0.375 e. The van der Waals surface area contributed by atoms with Gasteiger partial charge in [0.1, 0.15) is 6.04 Å². The number of hydrogen-bond acceptors (Lipinski definition) is 6. The van der Waals surface area contributed by atoms with Gasteiger partial charge in [0.25, 0.3) is 11.6 Å². The van der Waals surface area contributed by atoms with Gasteiger partial charge in [-0.05, 0) is 11.6 Å². The van der Waals surface area contributed by atoms with Gasteiger partial charge in [0.15, 0.2) is 0 Å². The van der Waals surface area contributed by atoms with E-state index in [1.807, 2.05) is 6.92 Å². The predicted molar refractivity (Wildman–Crippen MR) is 58.6 cm³/mol. The topological polar surface area (TPSA) is 136 Å². The fourth-order valence-electron chi connectivity index (χ4n) is 1.26. The number of carboxylic acid groups (broad SMARTS) is 2. The van der Waals surface area contributed by atoms with Gasteiger partial charge >= 0.3 is 11.9 Å². The Morgan fingerprint density at radius 2 is 2.17 bits per heavy atom. The Hall–Kier alpha value is -2.09. The summed E-state index contributed by atoms with van der Waals surface area (Å²) in [5.74, 6) is -3.06. The van der Waals surface area contributed by atoms with Crippen LogP contribution in [-0.4, -0.2) is 40.0 Å². The van der Waals surface area contributed by atoms with E-state index in [9.17, 15) is 9.59 Å². The van der Waals surface area contributed by atoms with Crippen molar-refractivity contribution in [2.45, 2.75) is 25.8 Å². The molecule has 0 saturated heterocycles. The molecule has 1 aromatic heterocycles. The van der Waals surface area contributed by atoms with Gasteiger partial charge < -0.3 is 25.2 Å². The summed E-state index contributed by atoms with van der Waals surface area (Å²) in [5.41, 5.74) is 5.42. The molecular formula is C10H14N2O6. The summed E-state index contributed by atoms with van der Waals surface area (Å²) in [6.45, 7) is 2.18. The largest absolute Gasteiger partial charge is 0.480 e. The Kier molecular flexibility index (Phi) is 4.67. The number of aliphatic carboxylic acids is 1. The first-order valence-corrected chi connectivity index (χ1v) is 5.30. The number of aromatic nitrogens is 1. The minimum Gasteiger partial charge on any atom is -0.480 e. The van der Waals surface area contributed by atoms with Crippen molar-refractivity contribution in [1.82, 2.24) is 5.16 Å². The number of ether oxygens (including phenoxy) is 1. The van der Waals surface area contributed by atoms with Gasteiger partial charge in [-0.25, -0.2) is 4.79 Å². The van der Waals surface area contributed by atoms with Crippen LogP contribution in [0.25, 0.3) is 0 Å². The Labute approximate surface area is 102 Å². The molecule has 18 heavy (non-hydrogen) atoms. The zero-order valence-corrected chi connectivity index (χ0v) is 9.75. The van der Waals surface area contributed by atoms with Crippen molar-refractivity contribution in [1.29, 1.82) is 0 Å². The summed E-state index contributed by atoms with van der Waals surface area (Å²) in [4.78, 5) is 21.6. The standard InChI is InChI=1S/C10H14N2O6/c1-2-3-17-8-5(4-6(11)9(13)14)7(10(15)16)18-12-8/h6H,2-4,11H2,1H3,(H,13,14)(H,15,16)/t6-/m0/s1. The van der Waals surface area contributed by atoms with Crippen LogP contribution in [0.3, 0.4) is 0 Å². The molecule has 1 atom stereocenters. The van der Waals surface area contributed by atoms with E-state index in [0.29, 0.717) is 13.0 Å². The van der Waals surface area contributed by atoms with Crippen LogP contribution in [-0.2, 0) is 11.2 Å². The molecule has 0 aliphatic heterocycles. The fourth-order valence-corrected chi connectivity index (χ4v) is 1.26. The van der Waals surface area contributed by atoms with E-state index in [1.165, 1.54) is 0 Å². The molecule has 0 amide bonds. The molecule has 0 bridgehead atoms. The minimum absolute atomic E-state index is 0.0223. The van der Waals surface area contributed by atoms with Gasteiger partial charge in [0.05, 0.1) is 12.2 Å². The van der Waals surface area contributed by atoms with E-state index < -0.39 is 23.7 Å². The molecule has 1 heterocycles. The molecular weight excluding hydrogens is 244 g/mol. The molecule has 0 aliphatic carbocycles. The van der Waals surface area contributed by atoms with Crippen LogP contribution in [0.2, 0.25) is 0 Å². The van der Waals surface area contributed by atoms with E-state index in [1.54, 1.807) is 0 Å². The lowest BCUT2D eigenvalue weighted by molar-refractivity contribution is -0.138. The first-order valence-electron chi connectivity index (χ1n) is 5.30. The normalized spacial score (nSPS) is 12.1. The first kappa shape index (κ1) is 14.0. The number of rotatable bonds is 7. The van der Waals surface area contributed by atoms with Crippen molar-refractivity contribution in [2.75, 3.05) is 6.61 Å². The lowest BCUT2D eigenvalue weighted by Gasteiger charge is -2.07. The summed E-state index contributed by atoms with van der Waals surface area (Å²) in [7, 11) is 0. The molecule has 100 valence electrons. The van der Waals surface area contributed by atoms with Crippen LogP contribution in [0.5, 0.6) is 5.88 Å². The van der Waals surface area contributed by atoms with Crippen molar-refractivity contribution in [2.24, 2.45) is 5.73 Å². The molecule has 4 N–H and O–H groups in total. The number of nitrogens with two attached hydrogens (primary N) is 1. The lowest BCUT2D eigenvalue weighted by Crippen LogP contribution is -2.32. The number of aromatic carboxylic acids is 1. The third-order valence-electron chi connectivity index (χ3n) is 2.13. The number of carboxylic acids is 2. The first-order chi connectivity index (χ1) is 8.47. The predicted octanol–water partition coefficient (Wildman–Crippen LogP) is 0.116. The quantitative estimate of drug-likeness (QED) is 0.627. The molecule has 0 aliphatic rings. The Morgan fingerprint density at radius 3 is 2.67 bits per heavy atom. The molecule has 0 radical (unpaired) electrons. The summed E-state index contributed by atoms with van der Waals surface area (Å²) in [6.07, 6.45) is 0.471. The van der Waals surface area contributed by atoms with Crippen molar-refractivity contribution in [3.8, 4) is 5.88 Å². The molecule has 1 aromatic rings. The molecule has 8 heteroatoms. The van der Waals surface area contributed by atoms with Crippen LogP contribution in [0, 0.1) is 0 Å². The second-order valence-corrected chi connectivity index (χ2v) is 3.60. The van der Waals surface area contributed by atoms with Crippen molar-refractivity contribution >= 4 is 11.9 Å². The molecule has 0 fully saturated rings. The van der Waals surface area contributed by atoms with Crippen LogP contribution < -0.4 is 10.5 Å². The summed E-state index contributed by atoms with van der Waals surface area (Å²) < 4.78 is 9.79. The summed E-state index contributed by atoms with van der Waals surface area (Å²) in [6, 6.07) is -1.24. The van der Waals surface area contributed by atoms with E-state index >= 15 is 0 Å². The molecule has 0 spiro atoms. The van der Waals surface area contributed by atoms with Crippen molar-refractivity contribution in [3.05, 3.63) is 11.3 Å². The van der Waals surface area contributed by atoms with Gasteiger partial charge in [0, 0.05) is 6.42 Å². The second kappa shape index (κ2) is 6.01. The highest BCUT2D eigenvalue weighted by Gasteiger charge is 2.26. The number of nitrogens with zero attached hydrogens (tertiary/aromatic N) is 1.